The van der Waals surface area contributed by atoms with Crippen LogP contribution in [0, 0.1) is 17.1 Å². The van der Waals surface area contributed by atoms with Gasteiger partial charge >= 0.3 is 0 Å². The van der Waals surface area contributed by atoms with Gasteiger partial charge in [-0.05, 0) is 55.3 Å². The lowest BCUT2D eigenvalue weighted by Gasteiger charge is -2.33. The van der Waals surface area contributed by atoms with Crippen LogP contribution in [0.1, 0.15) is 29.5 Å². The summed E-state index contributed by atoms with van der Waals surface area (Å²) in [6, 6.07) is 8.87. The number of likely N-dealkylation sites (N-methyl/N-ethyl adjacent to an activating group) is 1. The number of thiophene rings is 1. The Hall–Kier alpha value is -3.00. The SMILES string of the molecule is CN1CCCC1(CO)COc1ccc2c3c(c(-c4ccc(F)c5sc(N)c(C#N)c45)c(Cl)c2n1)COC3. The molecule has 2 aliphatic rings. The largest absolute Gasteiger partial charge is 0.476 e. The first-order valence-corrected chi connectivity index (χ1v) is 13.2. The molecule has 1 saturated heterocycles. The van der Waals surface area contributed by atoms with Gasteiger partial charge in [-0.1, -0.05) is 17.7 Å². The maximum Gasteiger partial charge on any atom is 0.213 e. The Labute approximate surface area is 221 Å². The monoisotopic (exact) mass is 538 g/mol. The van der Waals surface area contributed by atoms with Crippen LogP contribution in [0.2, 0.25) is 5.02 Å². The number of hydrogen-bond acceptors (Lipinski definition) is 8. The Kier molecular flexibility index (Phi) is 5.97. The standard InChI is InChI=1S/C27H24ClFN4O3S/c1-33-8-2-7-27(33,12-34)13-36-20-6-4-14-17-10-35-11-18(17)21(23(28)24(14)32-20)15-3-5-19(29)25-22(15)16(9-30)26(31)37-25/h3-6,34H,2,7-8,10-13,31H2,1H3. The number of nitrogen functional groups attached to an aromatic ring is 1. The molecule has 0 saturated carbocycles. The van der Waals surface area contributed by atoms with Crippen molar-refractivity contribution < 1.29 is 19.0 Å². The third kappa shape index (κ3) is 3.67. The van der Waals surface area contributed by atoms with E-state index in [0.717, 1.165) is 47.2 Å². The number of benzene rings is 2. The van der Waals surface area contributed by atoms with E-state index in [1.54, 1.807) is 12.1 Å². The van der Waals surface area contributed by atoms with Crippen molar-refractivity contribution in [1.29, 1.82) is 5.26 Å². The fraction of sp³-hybridized carbons (Fsp3) is 0.333. The second kappa shape index (κ2) is 9.08. The van der Waals surface area contributed by atoms with Crippen LogP contribution in [0.3, 0.4) is 0 Å². The van der Waals surface area contributed by atoms with Crippen LogP contribution in [-0.2, 0) is 18.0 Å². The number of aromatic nitrogens is 1. The number of nitriles is 1. The van der Waals surface area contributed by atoms with E-state index in [2.05, 4.69) is 11.0 Å². The molecule has 1 fully saturated rings. The van der Waals surface area contributed by atoms with Gasteiger partial charge in [0.05, 0.1) is 46.2 Å². The van der Waals surface area contributed by atoms with Gasteiger partial charge in [0.1, 0.15) is 23.5 Å². The summed E-state index contributed by atoms with van der Waals surface area (Å²) in [6.07, 6.45) is 1.84. The molecule has 3 N–H and O–H groups in total. The number of aliphatic hydroxyl groups excluding tert-OH is 1. The number of nitrogens with two attached hydrogens (primary N) is 1. The zero-order valence-corrected chi connectivity index (χ0v) is 21.7. The number of halogens is 2. The first-order valence-electron chi connectivity index (χ1n) is 12.0. The van der Waals surface area contributed by atoms with Crippen molar-refractivity contribution >= 4 is 48.9 Å². The van der Waals surface area contributed by atoms with Crippen molar-refractivity contribution in [2.75, 3.05) is 32.5 Å². The minimum Gasteiger partial charge on any atom is -0.476 e. The van der Waals surface area contributed by atoms with Crippen molar-refractivity contribution in [3.63, 3.8) is 0 Å². The molecular formula is C27H24ClFN4O3S. The quantitative estimate of drug-likeness (QED) is 0.358. The van der Waals surface area contributed by atoms with Gasteiger partial charge in [0, 0.05) is 22.4 Å². The topological polar surface area (TPSA) is 105 Å². The van der Waals surface area contributed by atoms with Crippen molar-refractivity contribution in [2.24, 2.45) is 0 Å². The van der Waals surface area contributed by atoms with Gasteiger partial charge in [0.25, 0.3) is 0 Å². The summed E-state index contributed by atoms with van der Waals surface area (Å²) in [5, 5.41) is 21.8. The molecule has 4 aromatic rings. The summed E-state index contributed by atoms with van der Waals surface area (Å²) >= 11 is 8.10. The van der Waals surface area contributed by atoms with E-state index in [0.29, 0.717) is 57.5 Å². The van der Waals surface area contributed by atoms with E-state index in [-0.39, 0.29) is 17.2 Å². The number of rotatable bonds is 5. The maximum atomic E-state index is 14.7. The first kappa shape index (κ1) is 24.3. The molecule has 2 aliphatic heterocycles. The Morgan fingerprint density at radius 3 is 2.86 bits per heavy atom. The highest BCUT2D eigenvalue weighted by molar-refractivity contribution is 7.23. The van der Waals surface area contributed by atoms with Gasteiger partial charge in [0.15, 0.2) is 0 Å². The number of aliphatic hydroxyl groups is 1. The summed E-state index contributed by atoms with van der Waals surface area (Å²) in [6.45, 7) is 1.93. The molecule has 4 heterocycles. The third-order valence-electron chi connectivity index (χ3n) is 7.71. The molecule has 190 valence electrons. The zero-order chi connectivity index (χ0) is 25.9. The Bertz CT molecular complexity index is 1620. The second-order valence-corrected chi connectivity index (χ2v) is 11.1. The fourth-order valence-corrected chi connectivity index (χ4v) is 6.88. The molecule has 0 radical (unpaired) electrons. The van der Waals surface area contributed by atoms with Gasteiger partial charge in [-0.25, -0.2) is 9.37 Å². The number of pyridine rings is 1. The van der Waals surface area contributed by atoms with E-state index < -0.39 is 11.4 Å². The summed E-state index contributed by atoms with van der Waals surface area (Å²) in [4.78, 5) is 6.89. The lowest BCUT2D eigenvalue weighted by molar-refractivity contribution is 0.0380. The fourth-order valence-electron chi connectivity index (χ4n) is 5.57. The summed E-state index contributed by atoms with van der Waals surface area (Å²) in [7, 11) is 1.99. The number of hydrogen-bond donors (Lipinski definition) is 2. The normalized spacial score (nSPS) is 19.5. The predicted octanol–water partition coefficient (Wildman–Crippen LogP) is 5.23. The molecule has 7 nitrogen and oxygen atoms in total. The highest BCUT2D eigenvalue weighted by atomic mass is 35.5. The van der Waals surface area contributed by atoms with Crippen molar-refractivity contribution in [1.82, 2.24) is 9.88 Å². The molecular weight excluding hydrogens is 515 g/mol. The van der Waals surface area contributed by atoms with Crippen LogP contribution >= 0.6 is 22.9 Å². The van der Waals surface area contributed by atoms with E-state index in [4.69, 9.17) is 31.8 Å². The van der Waals surface area contributed by atoms with E-state index in [9.17, 15) is 14.8 Å². The lowest BCUT2D eigenvalue weighted by Crippen LogP contribution is -2.49. The average Bonchev–Trinajstić information content (AvgIpc) is 3.61. The van der Waals surface area contributed by atoms with Gasteiger partial charge in [-0.15, -0.1) is 11.3 Å². The molecule has 1 atom stereocenters. The molecule has 2 aromatic carbocycles. The van der Waals surface area contributed by atoms with E-state index >= 15 is 0 Å². The second-order valence-electron chi connectivity index (χ2n) is 9.63. The minimum absolute atomic E-state index is 0.00159. The number of ether oxygens (including phenoxy) is 2. The average molecular weight is 539 g/mol. The van der Waals surface area contributed by atoms with Crippen LogP contribution in [-0.4, -0.2) is 47.3 Å². The first-order chi connectivity index (χ1) is 17.9. The molecule has 1 unspecified atom stereocenters. The van der Waals surface area contributed by atoms with Crippen LogP contribution in [0.4, 0.5) is 9.39 Å². The molecule has 6 rings (SSSR count). The van der Waals surface area contributed by atoms with Crippen LogP contribution in [0.5, 0.6) is 5.88 Å². The number of likely N-dealkylation sites (tertiary alicyclic amines) is 1. The molecule has 10 heteroatoms. The molecule has 37 heavy (non-hydrogen) atoms. The Balaban J connectivity index is 1.52. The van der Waals surface area contributed by atoms with Gasteiger partial charge in [0.2, 0.25) is 5.88 Å². The van der Waals surface area contributed by atoms with Crippen LogP contribution in [0.15, 0.2) is 24.3 Å². The zero-order valence-electron chi connectivity index (χ0n) is 20.1. The minimum atomic E-state index is -0.441. The van der Waals surface area contributed by atoms with E-state index in [1.165, 1.54) is 6.07 Å². The maximum absolute atomic E-state index is 14.7. The highest BCUT2D eigenvalue weighted by Gasteiger charge is 2.39. The molecule has 0 aliphatic carbocycles. The van der Waals surface area contributed by atoms with E-state index in [1.807, 2.05) is 13.1 Å². The highest BCUT2D eigenvalue weighted by Crippen LogP contribution is 2.48. The number of anilines is 1. The van der Waals surface area contributed by atoms with Crippen molar-refractivity contribution in [2.45, 2.75) is 31.6 Å². The summed E-state index contributed by atoms with van der Waals surface area (Å²) in [5.41, 5.74) is 9.53. The number of nitrogens with zero attached hydrogens (tertiary/aromatic N) is 3. The Morgan fingerprint density at radius 2 is 2.14 bits per heavy atom. The lowest BCUT2D eigenvalue weighted by atomic mass is 9.91. The Morgan fingerprint density at radius 1 is 1.32 bits per heavy atom. The molecule has 0 bridgehead atoms. The van der Waals surface area contributed by atoms with Gasteiger partial charge in [-0.3, -0.25) is 4.90 Å². The smallest absolute Gasteiger partial charge is 0.213 e. The van der Waals surface area contributed by atoms with Crippen molar-refractivity contribution in [3.8, 4) is 23.1 Å². The summed E-state index contributed by atoms with van der Waals surface area (Å²) < 4.78 is 27.0. The number of fused-ring (bicyclic) bond motifs is 4. The summed E-state index contributed by atoms with van der Waals surface area (Å²) in [5.74, 6) is -0.0423. The van der Waals surface area contributed by atoms with Gasteiger partial charge < -0.3 is 20.3 Å². The molecule has 2 aromatic heterocycles. The van der Waals surface area contributed by atoms with Crippen LogP contribution < -0.4 is 10.5 Å². The molecule has 0 spiro atoms. The predicted molar refractivity (Wildman–Crippen MR) is 142 cm³/mol. The van der Waals surface area contributed by atoms with Gasteiger partial charge in [-0.2, -0.15) is 5.26 Å². The van der Waals surface area contributed by atoms with Crippen LogP contribution in [0.25, 0.3) is 32.1 Å². The molecule has 0 amide bonds. The van der Waals surface area contributed by atoms with Crippen molar-refractivity contribution in [3.05, 3.63) is 51.8 Å². The third-order valence-corrected chi connectivity index (χ3v) is 9.10.